The molecule has 0 saturated heterocycles. The number of aryl methyl sites for hydroxylation is 1. The molecule has 0 radical (unpaired) electrons. The van der Waals surface area contributed by atoms with Crippen molar-refractivity contribution in [1.29, 1.82) is 0 Å². The molecule has 0 amide bonds. The first-order valence-electron chi connectivity index (χ1n) is 6.76. The first-order valence-corrected chi connectivity index (χ1v) is 6.76. The molecule has 1 aromatic heterocycles. The molecule has 0 saturated carbocycles. The summed E-state index contributed by atoms with van der Waals surface area (Å²) in [5, 5.41) is 0. The summed E-state index contributed by atoms with van der Waals surface area (Å²) in [4.78, 5) is 4.03. The smallest absolute Gasteiger partial charge is 0.327 e. The minimum atomic E-state index is -4.29. The van der Waals surface area contributed by atoms with Gasteiger partial charge < -0.3 is 5.73 Å². The third-order valence-electron chi connectivity index (χ3n) is 3.31. The van der Waals surface area contributed by atoms with Crippen molar-refractivity contribution in [2.45, 2.75) is 31.5 Å². The number of nitrogens with zero attached hydrogens (tertiary/aromatic N) is 1. The van der Waals surface area contributed by atoms with Gasteiger partial charge in [-0.3, -0.25) is 4.98 Å². The van der Waals surface area contributed by atoms with Gasteiger partial charge in [-0.25, -0.2) is 0 Å². The summed E-state index contributed by atoms with van der Waals surface area (Å²) in [7, 11) is 0. The van der Waals surface area contributed by atoms with E-state index >= 15 is 0 Å². The zero-order chi connectivity index (χ0) is 15.3. The highest BCUT2D eigenvalue weighted by Gasteiger charge is 2.29. The molecule has 2 rings (SSSR count). The molecule has 0 aliphatic carbocycles. The van der Waals surface area contributed by atoms with Crippen molar-refractivity contribution < 1.29 is 13.2 Å². The van der Waals surface area contributed by atoms with Gasteiger partial charge in [0.05, 0.1) is 5.56 Å². The molecule has 5 heteroatoms. The molecule has 1 atom stereocenters. The number of hydrogen-bond donors (Lipinski definition) is 1. The van der Waals surface area contributed by atoms with Crippen molar-refractivity contribution in [1.82, 2.24) is 4.98 Å². The Morgan fingerprint density at radius 3 is 2.33 bits per heavy atom. The van der Waals surface area contributed by atoms with E-state index < -0.39 is 11.7 Å². The van der Waals surface area contributed by atoms with Gasteiger partial charge in [-0.15, -0.1) is 0 Å². The van der Waals surface area contributed by atoms with Crippen LogP contribution in [0.1, 0.15) is 23.1 Å². The largest absolute Gasteiger partial charge is 0.416 e. The van der Waals surface area contributed by atoms with E-state index in [4.69, 9.17) is 5.73 Å². The van der Waals surface area contributed by atoms with Crippen LogP contribution in [0.25, 0.3) is 0 Å². The first kappa shape index (κ1) is 15.5. The maximum Gasteiger partial charge on any atom is 0.416 e. The summed E-state index contributed by atoms with van der Waals surface area (Å²) < 4.78 is 37.4. The number of hydrogen-bond acceptors (Lipinski definition) is 2. The predicted molar refractivity (Wildman–Crippen MR) is 75.7 cm³/mol. The molecule has 2 aromatic rings. The maximum atomic E-state index is 12.5. The average Bonchev–Trinajstić information content (AvgIpc) is 2.46. The van der Waals surface area contributed by atoms with Crippen LogP contribution in [0.2, 0.25) is 0 Å². The van der Waals surface area contributed by atoms with Crippen LogP contribution in [0.5, 0.6) is 0 Å². The van der Waals surface area contributed by atoms with Gasteiger partial charge in [-0.05, 0) is 48.6 Å². The zero-order valence-corrected chi connectivity index (χ0v) is 11.5. The fourth-order valence-corrected chi connectivity index (χ4v) is 2.13. The molecule has 2 N–H and O–H groups in total. The van der Waals surface area contributed by atoms with E-state index in [1.54, 1.807) is 12.4 Å². The van der Waals surface area contributed by atoms with E-state index in [2.05, 4.69) is 4.98 Å². The van der Waals surface area contributed by atoms with E-state index in [0.717, 1.165) is 36.1 Å². The molecular weight excluding hydrogens is 277 g/mol. The van der Waals surface area contributed by atoms with Crippen LogP contribution >= 0.6 is 0 Å². The summed E-state index contributed by atoms with van der Waals surface area (Å²) in [6.07, 6.45) is 1.37. The maximum absolute atomic E-state index is 12.5. The van der Waals surface area contributed by atoms with E-state index in [1.165, 1.54) is 12.1 Å². The molecule has 0 aliphatic rings. The second-order valence-corrected chi connectivity index (χ2v) is 5.06. The number of pyridine rings is 1. The molecule has 0 fully saturated rings. The molecule has 21 heavy (non-hydrogen) atoms. The molecule has 0 aliphatic heterocycles. The van der Waals surface area contributed by atoms with E-state index in [9.17, 15) is 13.2 Å². The van der Waals surface area contributed by atoms with Gasteiger partial charge in [0, 0.05) is 18.4 Å². The predicted octanol–water partition coefficient (Wildman–Crippen LogP) is 3.60. The van der Waals surface area contributed by atoms with Gasteiger partial charge in [0.15, 0.2) is 0 Å². The van der Waals surface area contributed by atoms with Crippen molar-refractivity contribution in [2.75, 3.05) is 0 Å². The second-order valence-electron chi connectivity index (χ2n) is 5.06. The van der Waals surface area contributed by atoms with E-state index in [0.29, 0.717) is 6.42 Å². The highest BCUT2D eigenvalue weighted by Crippen LogP contribution is 2.29. The monoisotopic (exact) mass is 294 g/mol. The highest BCUT2D eigenvalue weighted by molar-refractivity contribution is 5.25. The third kappa shape index (κ3) is 4.86. The molecule has 0 spiro atoms. The zero-order valence-electron chi connectivity index (χ0n) is 11.5. The molecule has 0 bridgehead atoms. The Morgan fingerprint density at radius 1 is 1.05 bits per heavy atom. The van der Waals surface area contributed by atoms with Crippen LogP contribution in [0.15, 0.2) is 48.8 Å². The van der Waals surface area contributed by atoms with Crippen LogP contribution in [0.3, 0.4) is 0 Å². The van der Waals surface area contributed by atoms with Crippen molar-refractivity contribution >= 4 is 0 Å². The number of alkyl halides is 3. The van der Waals surface area contributed by atoms with E-state index in [1.807, 2.05) is 12.1 Å². The minimum absolute atomic E-state index is 0.0815. The molecule has 2 nitrogen and oxygen atoms in total. The summed E-state index contributed by atoms with van der Waals surface area (Å²) in [5.74, 6) is 0. The number of halogens is 3. The SMILES string of the molecule is NC(CCc1cccnc1)Cc1ccc(C(F)(F)F)cc1. The molecule has 1 unspecified atom stereocenters. The van der Waals surface area contributed by atoms with Gasteiger partial charge in [0.1, 0.15) is 0 Å². The van der Waals surface area contributed by atoms with Crippen molar-refractivity contribution in [3.63, 3.8) is 0 Å². The van der Waals surface area contributed by atoms with Crippen molar-refractivity contribution in [3.8, 4) is 0 Å². The lowest BCUT2D eigenvalue weighted by Gasteiger charge is -2.12. The number of rotatable bonds is 5. The number of aromatic nitrogens is 1. The van der Waals surface area contributed by atoms with Crippen LogP contribution in [-0.2, 0) is 19.0 Å². The quantitative estimate of drug-likeness (QED) is 0.915. The Morgan fingerprint density at radius 2 is 1.76 bits per heavy atom. The topological polar surface area (TPSA) is 38.9 Å². The summed E-state index contributed by atoms with van der Waals surface area (Å²) in [6, 6.07) is 8.96. The molecular formula is C16H17F3N2. The van der Waals surface area contributed by atoms with Gasteiger partial charge in [0.2, 0.25) is 0 Å². The number of benzene rings is 1. The molecule has 1 aromatic carbocycles. The normalized spacial score (nSPS) is 13.1. The fourth-order valence-electron chi connectivity index (χ4n) is 2.13. The Hall–Kier alpha value is -1.88. The minimum Gasteiger partial charge on any atom is -0.327 e. The summed E-state index contributed by atoms with van der Waals surface area (Å²) >= 11 is 0. The van der Waals surface area contributed by atoms with Crippen LogP contribution in [0.4, 0.5) is 13.2 Å². The highest BCUT2D eigenvalue weighted by atomic mass is 19.4. The van der Waals surface area contributed by atoms with Crippen LogP contribution < -0.4 is 5.73 Å². The average molecular weight is 294 g/mol. The third-order valence-corrected chi connectivity index (χ3v) is 3.31. The van der Waals surface area contributed by atoms with Crippen molar-refractivity contribution in [2.24, 2.45) is 5.73 Å². The van der Waals surface area contributed by atoms with Crippen molar-refractivity contribution in [3.05, 3.63) is 65.5 Å². The Bertz CT molecular complexity index is 550. The first-order chi connectivity index (χ1) is 9.95. The lowest BCUT2D eigenvalue weighted by atomic mass is 9.99. The Labute approximate surface area is 121 Å². The second kappa shape index (κ2) is 6.72. The molecule has 112 valence electrons. The van der Waals surface area contributed by atoms with Gasteiger partial charge in [-0.1, -0.05) is 18.2 Å². The molecule has 1 heterocycles. The summed E-state index contributed by atoms with van der Waals surface area (Å²) in [5.41, 5.74) is 7.34. The lowest BCUT2D eigenvalue weighted by Crippen LogP contribution is -2.23. The van der Waals surface area contributed by atoms with Gasteiger partial charge >= 0.3 is 6.18 Å². The summed E-state index contributed by atoms with van der Waals surface area (Å²) in [6.45, 7) is 0. The van der Waals surface area contributed by atoms with Crippen LogP contribution in [-0.4, -0.2) is 11.0 Å². The number of nitrogens with two attached hydrogens (primary N) is 1. The van der Waals surface area contributed by atoms with Gasteiger partial charge in [0.25, 0.3) is 0 Å². The Balaban J connectivity index is 1.86. The lowest BCUT2D eigenvalue weighted by molar-refractivity contribution is -0.137. The van der Waals surface area contributed by atoms with E-state index in [-0.39, 0.29) is 6.04 Å². The van der Waals surface area contributed by atoms with Crippen LogP contribution in [0, 0.1) is 0 Å². The Kier molecular flexibility index (Phi) is 4.96. The standard InChI is InChI=1S/C16H17F3N2/c17-16(18,19)14-6-3-12(4-7-14)10-15(20)8-5-13-2-1-9-21-11-13/h1-4,6-7,9,11,15H,5,8,10,20H2. The van der Waals surface area contributed by atoms with Gasteiger partial charge in [-0.2, -0.15) is 13.2 Å². The fraction of sp³-hybridized carbons (Fsp3) is 0.312.